The quantitative estimate of drug-likeness (QED) is 0.404. The lowest BCUT2D eigenvalue weighted by atomic mass is 10.1. The summed E-state index contributed by atoms with van der Waals surface area (Å²) in [5.74, 6) is 0.784. The Morgan fingerprint density at radius 3 is 2.43 bits per heavy atom. The molecule has 0 atom stereocenters. The molecule has 0 saturated carbocycles. The van der Waals surface area contributed by atoms with Crippen LogP contribution in [0.3, 0.4) is 0 Å². The predicted molar refractivity (Wildman–Crippen MR) is 92.7 cm³/mol. The zero-order valence-electron chi connectivity index (χ0n) is 12.0. The summed E-state index contributed by atoms with van der Waals surface area (Å²) < 4.78 is 1.17. The van der Waals surface area contributed by atoms with Gasteiger partial charge in [0, 0.05) is 23.3 Å². The zero-order valence-corrected chi connectivity index (χ0v) is 13.7. The van der Waals surface area contributed by atoms with Gasteiger partial charge in [0.1, 0.15) is 5.78 Å². The van der Waals surface area contributed by atoms with Gasteiger partial charge in [-0.3, -0.25) is 9.59 Å². The van der Waals surface area contributed by atoms with Gasteiger partial charge in [-0.25, -0.2) is 0 Å². The molecule has 1 aromatic heterocycles. The highest BCUT2D eigenvalue weighted by atomic mass is 32.1. The topological polar surface area (TPSA) is 34.1 Å². The van der Waals surface area contributed by atoms with Gasteiger partial charge in [0.25, 0.3) is 0 Å². The van der Waals surface area contributed by atoms with Crippen molar-refractivity contribution in [2.24, 2.45) is 0 Å². The maximum Gasteiger partial charge on any atom is 0.172 e. The van der Waals surface area contributed by atoms with Crippen molar-refractivity contribution in [3.63, 3.8) is 0 Å². The molecule has 0 aliphatic rings. The molecule has 2 nitrogen and oxygen atoms in total. The van der Waals surface area contributed by atoms with Crippen LogP contribution >= 0.6 is 24.0 Å². The van der Waals surface area contributed by atoms with E-state index in [9.17, 15) is 9.59 Å². The van der Waals surface area contributed by atoms with Crippen LogP contribution in [0, 0.1) is 0 Å². The van der Waals surface area contributed by atoms with E-state index in [0.29, 0.717) is 18.6 Å². The van der Waals surface area contributed by atoms with Crippen LogP contribution in [0.5, 0.6) is 0 Å². The highest BCUT2D eigenvalue weighted by molar-refractivity contribution is 7.81. The molecule has 112 valence electrons. The molecule has 2 rings (SSSR count). The number of carbonyl (C=O) groups excluding carboxylic acids is 2. The first-order valence-electron chi connectivity index (χ1n) is 7.35. The maximum absolute atomic E-state index is 12.1. The van der Waals surface area contributed by atoms with Crippen LogP contribution in [0.1, 0.15) is 48.2 Å². The lowest BCUT2D eigenvalue weighted by Crippen LogP contribution is -1.99. The molecule has 4 heteroatoms. The van der Waals surface area contributed by atoms with Gasteiger partial charge >= 0.3 is 0 Å². The third-order valence-electron chi connectivity index (χ3n) is 3.49. The summed E-state index contributed by atoms with van der Waals surface area (Å²) in [6.07, 6.45) is 5.06. The number of hydrogen-bond acceptors (Lipinski definition) is 4. The van der Waals surface area contributed by atoms with E-state index in [0.717, 1.165) is 35.9 Å². The summed E-state index contributed by atoms with van der Waals surface area (Å²) in [7, 11) is 0. The summed E-state index contributed by atoms with van der Waals surface area (Å²) in [4.78, 5) is 24.1. The molecule has 1 heterocycles. The van der Waals surface area contributed by atoms with Crippen molar-refractivity contribution in [1.29, 1.82) is 0 Å². The van der Waals surface area contributed by atoms with E-state index in [-0.39, 0.29) is 11.6 Å². The number of unbranched alkanes of at least 4 members (excludes halogenated alkanes) is 3. The van der Waals surface area contributed by atoms with E-state index in [1.807, 2.05) is 24.3 Å². The molecular weight excluding hydrogens is 300 g/mol. The SMILES string of the molecule is O=C(CS)CCCCCCC(=O)c1cc2ccccc2s1. The molecule has 0 N–H and O–H groups in total. The molecule has 0 unspecified atom stereocenters. The van der Waals surface area contributed by atoms with Gasteiger partial charge in [0.15, 0.2) is 5.78 Å². The Bertz CT molecular complexity index is 583. The van der Waals surface area contributed by atoms with Gasteiger partial charge in [0.05, 0.1) is 4.88 Å². The number of ketones is 2. The molecule has 0 aliphatic carbocycles. The largest absolute Gasteiger partial charge is 0.299 e. The van der Waals surface area contributed by atoms with Crippen LogP contribution in [0.4, 0.5) is 0 Å². The van der Waals surface area contributed by atoms with Gasteiger partial charge < -0.3 is 0 Å². The van der Waals surface area contributed by atoms with Crippen molar-refractivity contribution in [2.75, 3.05) is 5.75 Å². The Morgan fingerprint density at radius 2 is 1.71 bits per heavy atom. The van der Waals surface area contributed by atoms with Crippen LogP contribution in [-0.4, -0.2) is 17.3 Å². The standard InChI is InChI=1S/C17H20O2S2/c18-14(12-20)8-3-1-2-4-9-15(19)17-11-13-7-5-6-10-16(13)21-17/h5-7,10-11,20H,1-4,8-9,12H2. The predicted octanol–water partition coefficient (Wildman–Crippen LogP) is 4.92. The number of benzene rings is 1. The van der Waals surface area contributed by atoms with Crippen molar-refractivity contribution in [2.45, 2.75) is 38.5 Å². The molecule has 2 aromatic rings. The molecular formula is C17H20O2S2. The Labute approximate surface area is 135 Å². The molecule has 21 heavy (non-hydrogen) atoms. The van der Waals surface area contributed by atoms with Gasteiger partial charge in [-0.05, 0) is 30.4 Å². The fraction of sp³-hybridized carbons (Fsp3) is 0.412. The average molecular weight is 320 g/mol. The van der Waals surface area contributed by atoms with E-state index in [1.54, 1.807) is 11.3 Å². The van der Waals surface area contributed by atoms with Gasteiger partial charge in [0.2, 0.25) is 0 Å². The molecule has 1 aromatic carbocycles. The Kier molecular flexibility index (Phi) is 6.46. The molecule has 0 fully saturated rings. The normalized spacial score (nSPS) is 10.9. The minimum Gasteiger partial charge on any atom is -0.299 e. The van der Waals surface area contributed by atoms with Crippen molar-refractivity contribution in [1.82, 2.24) is 0 Å². The van der Waals surface area contributed by atoms with Crippen LogP contribution in [0.2, 0.25) is 0 Å². The summed E-state index contributed by atoms with van der Waals surface area (Å²) in [6.45, 7) is 0. The molecule has 0 aliphatic heterocycles. The van der Waals surface area contributed by atoms with Crippen molar-refractivity contribution < 1.29 is 9.59 Å². The average Bonchev–Trinajstić information content (AvgIpc) is 2.94. The summed E-state index contributed by atoms with van der Waals surface area (Å²) in [6, 6.07) is 10.1. The van der Waals surface area contributed by atoms with Crippen molar-refractivity contribution >= 4 is 45.6 Å². The van der Waals surface area contributed by atoms with E-state index < -0.39 is 0 Å². The maximum atomic E-state index is 12.1. The third-order valence-corrected chi connectivity index (χ3v) is 5.00. The third kappa shape index (κ3) is 4.97. The second-order valence-electron chi connectivity index (χ2n) is 5.18. The lowest BCUT2D eigenvalue weighted by molar-refractivity contribution is -0.116. The first kappa shape index (κ1) is 16.2. The van der Waals surface area contributed by atoms with Crippen molar-refractivity contribution in [3.05, 3.63) is 35.2 Å². The fourth-order valence-corrected chi connectivity index (χ4v) is 3.47. The zero-order chi connectivity index (χ0) is 15.1. The van der Waals surface area contributed by atoms with Gasteiger partial charge in [-0.15, -0.1) is 11.3 Å². The first-order valence-corrected chi connectivity index (χ1v) is 8.80. The fourth-order valence-electron chi connectivity index (χ4n) is 2.28. The molecule has 0 spiro atoms. The van der Waals surface area contributed by atoms with Gasteiger partial charge in [-0.1, -0.05) is 31.0 Å². The van der Waals surface area contributed by atoms with Crippen LogP contribution in [0.15, 0.2) is 30.3 Å². The van der Waals surface area contributed by atoms with Gasteiger partial charge in [-0.2, -0.15) is 12.6 Å². The number of carbonyl (C=O) groups is 2. The number of rotatable bonds is 9. The van der Waals surface area contributed by atoms with E-state index in [1.165, 1.54) is 4.70 Å². The van der Waals surface area contributed by atoms with E-state index in [4.69, 9.17) is 0 Å². The molecule has 0 saturated heterocycles. The lowest BCUT2D eigenvalue weighted by Gasteiger charge is -2.00. The Hall–Kier alpha value is -1.13. The minimum absolute atomic E-state index is 0.208. The number of thiophene rings is 1. The first-order chi connectivity index (χ1) is 10.2. The second-order valence-corrected chi connectivity index (χ2v) is 6.58. The summed E-state index contributed by atoms with van der Waals surface area (Å²) in [5, 5.41) is 1.15. The van der Waals surface area contributed by atoms with E-state index >= 15 is 0 Å². The van der Waals surface area contributed by atoms with Crippen LogP contribution in [-0.2, 0) is 4.79 Å². The molecule has 0 bridgehead atoms. The number of hydrogen-bond donors (Lipinski definition) is 1. The number of fused-ring (bicyclic) bond motifs is 1. The smallest absolute Gasteiger partial charge is 0.172 e. The summed E-state index contributed by atoms with van der Waals surface area (Å²) in [5.41, 5.74) is 0. The van der Waals surface area contributed by atoms with E-state index in [2.05, 4.69) is 18.7 Å². The number of thiol groups is 1. The van der Waals surface area contributed by atoms with Crippen LogP contribution in [0.25, 0.3) is 10.1 Å². The minimum atomic E-state index is 0.208. The van der Waals surface area contributed by atoms with Crippen LogP contribution < -0.4 is 0 Å². The summed E-state index contributed by atoms with van der Waals surface area (Å²) >= 11 is 5.53. The second kappa shape index (κ2) is 8.35. The monoisotopic (exact) mass is 320 g/mol. The molecule has 0 amide bonds. The van der Waals surface area contributed by atoms with Crippen molar-refractivity contribution in [3.8, 4) is 0 Å². The Balaban J connectivity index is 1.71. The highest BCUT2D eigenvalue weighted by Crippen LogP contribution is 2.26. The number of Topliss-reactive ketones (excluding diaryl/α,β-unsaturated/α-hetero) is 2. The Morgan fingerprint density at radius 1 is 1.00 bits per heavy atom. The molecule has 0 radical (unpaired) electrons. The highest BCUT2D eigenvalue weighted by Gasteiger charge is 2.09.